The third kappa shape index (κ3) is 5.00. The lowest BCUT2D eigenvalue weighted by molar-refractivity contribution is 0.0942. The fourth-order valence-corrected chi connectivity index (χ4v) is 2.07. The average Bonchev–Trinajstić information content (AvgIpc) is 2.67. The van der Waals surface area contributed by atoms with Crippen molar-refractivity contribution in [1.82, 2.24) is 20.3 Å². The first-order chi connectivity index (χ1) is 12.3. The van der Waals surface area contributed by atoms with Gasteiger partial charge < -0.3 is 15.4 Å². The van der Waals surface area contributed by atoms with Gasteiger partial charge in [-0.05, 0) is 24.3 Å². The highest BCUT2D eigenvalue weighted by Gasteiger charge is 2.08. The van der Waals surface area contributed by atoms with Gasteiger partial charge in [0.15, 0.2) is 0 Å². The topological polar surface area (TPSA) is 89.0 Å². The van der Waals surface area contributed by atoms with Crippen LogP contribution in [0.4, 0.5) is 11.6 Å². The molecule has 126 valence electrons. The fourth-order valence-electron chi connectivity index (χ4n) is 2.07. The standard InChI is InChI=1S/C18H17N5O2/c24-18(21-11-12-25-14-5-2-1-3-6-14)15-7-4-8-16(22-15)23-17-13-19-9-10-20-17/h1-10,13H,11-12H2,(H,21,24)(H,20,22,23). The lowest BCUT2D eigenvalue weighted by Crippen LogP contribution is -2.28. The first kappa shape index (κ1) is 16.4. The van der Waals surface area contributed by atoms with E-state index in [1.165, 1.54) is 0 Å². The minimum atomic E-state index is -0.264. The van der Waals surface area contributed by atoms with Gasteiger partial charge in [-0.15, -0.1) is 0 Å². The Kier molecular flexibility index (Phi) is 5.50. The molecule has 7 heteroatoms. The number of nitrogens with zero attached hydrogens (tertiary/aromatic N) is 3. The number of amides is 1. The fraction of sp³-hybridized carbons (Fsp3) is 0.111. The Bertz CT molecular complexity index is 812. The Morgan fingerprint density at radius 1 is 1.00 bits per heavy atom. The number of benzene rings is 1. The highest BCUT2D eigenvalue weighted by Crippen LogP contribution is 2.11. The summed E-state index contributed by atoms with van der Waals surface area (Å²) in [4.78, 5) is 24.5. The minimum absolute atomic E-state index is 0.264. The molecule has 0 unspecified atom stereocenters. The van der Waals surface area contributed by atoms with Gasteiger partial charge >= 0.3 is 0 Å². The summed E-state index contributed by atoms with van der Waals surface area (Å²) in [5, 5.41) is 5.78. The van der Waals surface area contributed by atoms with Crippen molar-refractivity contribution in [2.24, 2.45) is 0 Å². The van der Waals surface area contributed by atoms with Gasteiger partial charge in [-0.1, -0.05) is 24.3 Å². The summed E-state index contributed by atoms with van der Waals surface area (Å²) in [6.07, 6.45) is 4.74. The SMILES string of the molecule is O=C(NCCOc1ccccc1)c1cccc(Nc2cnccn2)n1. The zero-order valence-corrected chi connectivity index (χ0v) is 13.4. The van der Waals surface area contributed by atoms with Gasteiger partial charge in [0.05, 0.1) is 12.7 Å². The van der Waals surface area contributed by atoms with E-state index in [2.05, 4.69) is 25.6 Å². The maximum absolute atomic E-state index is 12.2. The number of pyridine rings is 1. The highest BCUT2D eigenvalue weighted by molar-refractivity contribution is 5.92. The maximum Gasteiger partial charge on any atom is 0.270 e. The van der Waals surface area contributed by atoms with E-state index >= 15 is 0 Å². The largest absolute Gasteiger partial charge is 0.492 e. The van der Waals surface area contributed by atoms with E-state index in [-0.39, 0.29) is 5.91 Å². The molecule has 0 atom stereocenters. The molecule has 0 aliphatic rings. The van der Waals surface area contributed by atoms with Crippen LogP contribution in [0.1, 0.15) is 10.5 Å². The van der Waals surface area contributed by atoms with Crippen LogP contribution in [0.5, 0.6) is 5.75 Å². The molecule has 0 bridgehead atoms. The second-order valence-corrected chi connectivity index (χ2v) is 5.04. The Morgan fingerprint density at radius 3 is 2.68 bits per heavy atom. The average molecular weight is 335 g/mol. The van der Waals surface area contributed by atoms with Crippen molar-refractivity contribution in [3.05, 3.63) is 72.8 Å². The molecule has 0 saturated heterocycles. The summed E-state index contributed by atoms with van der Waals surface area (Å²) >= 11 is 0. The van der Waals surface area contributed by atoms with Crippen molar-refractivity contribution in [3.8, 4) is 5.75 Å². The summed E-state index contributed by atoms with van der Waals surface area (Å²) in [6, 6.07) is 14.6. The first-order valence-electron chi connectivity index (χ1n) is 7.77. The Balaban J connectivity index is 1.51. The zero-order valence-electron chi connectivity index (χ0n) is 13.4. The lowest BCUT2D eigenvalue weighted by Gasteiger charge is -2.08. The number of rotatable bonds is 7. The number of nitrogens with one attached hydrogen (secondary N) is 2. The van der Waals surface area contributed by atoms with Crippen molar-refractivity contribution in [1.29, 1.82) is 0 Å². The van der Waals surface area contributed by atoms with E-state index in [9.17, 15) is 4.79 Å². The third-order valence-corrected chi connectivity index (χ3v) is 3.20. The lowest BCUT2D eigenvalue weighted by atomic mass is 10.3. The predicted molar refractivity (Wildman–Crippen MR) is 93.8 cm³/mol. The van der Waals surface area contributed by atoms with Gasteiger partial charge in [0.2, 0.25) is 0 Å². The van der Waals surface area contributed by atoms with Gasteiger partial charge in [-0.2, -0.15) is 0 Å². The number of para-hydroxylation sites is 1. The Labute approximate surface area is 145 Å². The monoisotopic (exact) mass is 335 g/mol. The van der Waals surface area contributed by atoms with Crippen molar-refractivity contribution in [2.75, 3.05) is 18.5 Å². The molecule has 0 aliphatic heterocycles. The van der Waals surface area contributed by atoms with E-state index in [0.29, 0.717) is 30.5 Å². The molecular weight excluding hydrogens is 318 g/mol. The minimum Gasteiger partial charge on any atom is -0.492 e. The van der Waals surface area contributed by atoms with Crippen LogP contribution in [-0.2, 0) is 0 Å². The van der Waals surface area contributed by atoms with Crippen LogP contribution < -0.4 is 15.4 Å². The summed E-state index contributed by atoms with van der Waals surface area (Å²) in [6.45, 7) is 0.768. The van der Waals surface area contributed by atoms with Gasteiger partial charge in [-0.3, -0.25) is 9.78 Å². The number of ether oxygens (including phenoxy) is 1. The molecule has 0 fully saturated rings. The smallest absolute Gasteiger partial charge is 0.270 e. The molecule has 0 spiro atoms. The summed E-state index contributed by atoms with van der Waals surface area (Å²) in [5.41, 5.74) is 0.314. The summed E-state index contributed by atoms with van der Waals surface area (Å²) < 4.78 is 5.53. The van der Waals surface area contributed by atoms with Crippen molar-refractivity contribution >= 4 is 17.5 Å². The maximum atomic E-state index is 12.2. The molecule has 1 aromatic carbocycles. The first-order valence-corrected chi connectivity index (χ1v) is 7.77. The van der Waals surface area contributed by atoms with Crippen LogP contribution >= 0.6 is 0 Å². The second-order valence-electron chi connectivity index (χ2n) is 5.04. The Hall–Kier alpha value is -3.48. The summed E-state index contributed by atoms with van der Waals surface area (Å²) in [5.74, 6) is 1.59. The molecule has 0 radical (unpaired) electrons. The zero-order chi connectivity index (χ0) is 17.3. The molecule has 25 heavy (non-hydrogen) atoms. The van der Waals surface area contributed by atoms with Crippen LogP contribution in [0.15, 0.2) is 67.1 Å². The van der Waals surface area contributed by atoms with Crippen molar-refractivity contribution in [3.63, 3.8) is 0 Å². The van der Waals surface area contributed by atoms with E-state index in [1.54, 1.807) is 36.8 Å². The molecular formula is C18H17N5O2. The highest BCUT2D eigenvalue weighted by atomic mass is 16.5. The van der Waals surface area contributed by atoms with Gasteiger partial charge in [0.1, 0.15) is 29.7 Å². The van der Waals surface area contributed by atoms with E-state index in [1.807, 2.05) is 30.3 Å². The van der Waals surface area contributed by atoms with Gasteiger partial charge in [0.25, 0.3) is 5.91 Å². The summed E-state index contributed by atoms with van der Waals surface area (Å²) in [7, 11) is 0. The van der Waals surface area contributed by atoms with Crippen molar-refractivity contribution in [2.45, 2.75) is 0 Å². The molecule has 3 rings (SSSR count). The number of hydrogen-bond acceptors (Lipinski definition) is 6. The Morgan fingerprint density at radius 2 is 1.88 bits per heavy atom. The number of anilines is 2. The van der Waals surface area contributed by atoms with Gasteiger partial charge in [0, 0.05) is 12.4 Å². The molecule has 2 aromatic heterocycles. The third-order valence-electron chi connectivity index (χ3n) is 3.20. The quantitative estimate of drug-likeness (QED) is 0.645. The number of carbonyl (C=O) groups excluding carboxylic acids is 1. The van der Waals surface area contributed by atoms with Crippen molar-refractivity contribution < 1.29 is 9.53 Å². The molecule has 1 amide bonds. The van der Waals surface area contributed by atoms with Crippen LogP contribution in [0.2, 0.25) is 0 Å². The molecule has 3 aromatic rings. The van der Waals surface area contributed by atoms with Crippen LogP contribution in [0.25, 0.3) is 0 Å². The van der Waals surface area contributed by atoms with E-state index in [4.69, 9.17) is 4.74 Å². The molecule has 0 saturated carbocycles. The van der Waals surface area contributed by atoms with E-state index < -0.39 is 0 Å². The molecule has 7 nitrogen and oxygen atoms in total. The predicted octanol–water partition coefficient (Wildman–Crippen LogP) is 2.42. The molecule has 0 aliphatic carbocycles. The second kappa shape index (κ2) is 8.39. The van der Waals surface area contributed by atoms with Crippen LogP contribution in [0.3, 0.4) is 0 Å². The van der Waals surface area contributed by atoms with E-state index in [0.717, 1.165) is 5.75 Å². The van der Waals surface area contributed by atoms with Crippen LogP contribution in [0, 0.1) is 0 Å². The molecule has 2 N–H and O–H groups in total. The van der Waals surface area contributed by atoms with Crippen LogP contribution in [-0.4, -0.2) is 34.0 Å². The number of aromatic nitrogens is 3. The normalized spacial score (nSPS) is 10.1. The number of hydrogen-bond donors (Lipinski definition) is 2. The van der Waals surface area contributed by atoms with Gasteiger partial charge in [-0.25, -0.2) is 9.97 Å². The molecule has 2 heterocycles. The number of carbonyl (C=O) groups is 1.